The minimum absolute atomic E-state index is 0.0159. The largest absolute Gasteiger partial charge is 0.465 e. The van der Waals surface area contributed by atoms with Gasteiger partial charge in [-0.1, -0.05) is 26.2 Å². The summed E-state index contributed by atoms with van der Waals surface area (Å²) in [5, 5.41) is 25.2. The SMILES string of the molecule is CC(c1cscn1)c1nc2nc(C(=N)NC(=O)O)nc(N[C@H](C)C3CCC3)c2n1C[C@H]1CC[C@H](C)CC1. The summed E-state index contributed by atoms with van der Waals surface area (Å²) in [5.74, 6) is 2.98. The Bertz CT molecular complexity index is 1260. The zero-order valence-corrected chi connectivity index (χ0v) is 22.5. The Labute approximate surface area is 220 Å². The number of amides is 1. The van der Waals surface area contributed by atoms with E-state index in [1.165, 1.54) is 44.9 Å². The van der Waals surface area contributed by atoms with Crippen LogP contribution < -0.4 is 10.6 Å². The fraction of sp³-hybridized carbons (Fsp3) is 0.615. The van der Waals surface area contributed by atoms with E-state index in [0.29, 0.717) is 23.3 Å². The van der Waals surface area contributed by atoms with Crippen LogP contribution in [0.1, 0.15) is 89.0 Å². The number of hydrogen-bond acceptors (Lipinski definition) is 8. The van der Waals surface area contributed by atoms with Crippen LogP contribution in [0.25, 0.3) is 11.2 Å². The summed E-state index contributed by atoms with van der Waals surface area (Å²) in [7, 11) is 0. The molecule has 1 amide bonds. The van der Waals surface area contributed by atoms with Crippen molar-refractivity contribution < 1.29 is 9.90 Å². The lowest BCUT2D eigenvalue weighted by molar-refractivity contribution is 0.200. The summed E-state index contributed by atoms with van der Waals surface area (Å²) in [6.45, 7) is 7.44. The van der Waals surface area contributed by atoms with Gasteiger partial charge in [0.05, 0.1) is 17.1 Å². The number of fused-ring (bicyclic) bond motifs is 1. The second kappa shape index (κ2) is 10.7. The number of rotatable bonds is 8. The van der Waals surface area contributed by atoms with E-state index in [1.54, 1.807) is 11.3 Å². The number of carbonyl (C=O) groups is 1. The summed E-state index contributed by atoms with van der Waals surface area (Å²) in [4.78, 5) is 30.0. The lowest BCUT2D eigenvalue weighted by Crippen LogP contribution is -2.33. The van der Waals surface area contributed by atoms with Crippen LogP contribution in [0.15, 0.2) is 10.9 Å². The molecule has 3 aromatic rings. The van der Waals surface area contributed by atoms with Gasteiger partial charge in [-0.2, -0.15) is 0 Å². The molecule has 2 fully saturated rings. The Hall–Kier alpha value is -3.08. The van der Waals surface area contributed by atoms with Gasteiger partial charge in [-0.25, -0.2) is 24.7 Å². The predicted molar refractivity (Wildman–Crippen MR) is 144 cm³/mol. The van der Waals surface area contributed by atoms with E-state index in [0.717, 1.165) is 29.5 Å². The summed E-state index contributed by atoms with van der Waals surface area (Å²) in [6, 6.07) is 0.194. The number of imidazole rings is 1. The van der Waals surface area contributed by atoms with Crippen molar-refractivity contribution in [3.05, 3.63) is 28.2 Å². The van der Waals surface area contributed by atoms with Crippen molar-refractivity contribution >= 4 is 40.2 Å². The molecule has 0 spiro atoms. The molecule has 2 atom stereocenters. The summed E-state index contributed by atoms with van der Waals surface area (Å²) in [6.07, 6.45) is 7.10. The van der Waals surface area contributed by atoms with Crippen LogP contribution >= 0.6 is 11.3 Å². The van der Waals surface area contributed by atoms with Crippen LogP contribution in [-0.4, -0.2) is 47.6 Å². The van der Waals surface area contributed by atoms with Gasteiger partial charge in [0, 0.05) is 18.0 Å². The second-order valence-corrected chi connectivity index (χ2v) is 11.6. The molecule has 2 aliphatic carbocycles. The molecule has 4 N–H and O–H groups in total. The average Bonchev–Trinajstić information content (AvgIpc) is 3.47. The van der Waals surface area contributed by atoms with Crippen molar-refractivity contribution in [3.8, 4) is 0 Å². The molecule has 2 aliphatic rings. The van der Waals surface area contributed by atoms with E-state index < -0.39 is 6.09 Å². The molecule has 0 saturated heterocycles. The number of aromatic nitrogens is 5. The Balaban J connectivity index is 1.62. The number of thiazole rings is 1. The molecule has 11 heteroatoms. The molecule has 1 unspecified atom stereocenters. The van der Waals surface area contributed by atoms with Crippen LogP contribution in [0.4, 0.5) is 10.6 Å². The van der Waals surface area contributed by atoms with Gasteiger partial charge in [0.1, 0.15) is 11.3 Å². The fourth-order valence-corrected chi connectivity index (χ4v) is 6.20. The summed E-state index contributed by atoms with van der Waals surface area (Å²) in [5.41, 5.74) is 4.11. The predicted octanol–water partition coefficient (Wildman–Crippen LogP) is 5.45. The normalized spacial score (nSPS) is 21.8. The smallest absolute Gasteiger partial charge is 0.410 e. The number of carboxylic acid groups (broad SMARTS) is 1. The number of amidine groups is 1. The van der Waals surface area contributed by atoms with E-state index in [4.69, 9.17) is 15.5 Å². The van der Waals surface area contributed by atoms with Crippen LogP contribution in [0.3, 0.4) is 0 Å². The highest BCUT2D eigenvalue weighted by atomic mass is 32.1. The highest BCUT2D eigenvalue weighted by Gasteiger charge is 2.30. The van der Waals surface area contributed by atoms with E-state index in [1.807, 2.05) is 5.51 Å². The van der Waals surface area contributed by atoms with Crippen LogP contribution in [0, 0.1) is 23.2 Å². The first-order chi connectivity index (χ1) is 17.8. The highest BCUT2D eigenvalue weighted by molar-refractivity contribution is 7.07. The minimum Gasteiger partial charge on any atom is -0.465 e. The van der Waals surface area contributed by atoms with Crippen molar-refractivity contribution in [1.82, 2.24) is 29.8 Å². The Morgan fingerprint density at radius 3 is 2.57 bits per heavy atom. The van der Waals surface area contributed by atoms with Gasteiger partial charge in [-0.3, -0.25) is 10.7 Å². The molecule has 3 heterocycles. The Morgan fingerprint density at radius 1 is 1.19 bits per heavy atom. The molecule has 0 aromatic carbocycles. The zero-order valence-electron chi connectivity index (χ0n) is 21.7. The number of nitrogens with one attached hydrogen (secondary N) is 3. The van der Waals surface area contributed by atoms with Crippen molar-refractivity contribution in [2.75, 3.05) is 5.32 Å². The number of nitrogens with zero attached hydrogens (tertiary/aromatic N) is 5. The second-order valence-electron chi connectivity index (χ2n) is 10.8. The maximum absolute atomic E-state index is 11.2. The fourth-order valence-electron chi connectivity index (χ4n) is 5.55. The third-order valence-electron chi connectivity index (χ3n) is 8.17. The van der Waals surface area contributed by atoms with Crippen molar-refractivity contribution in [3.63, 3.8) is 0 Å². The zero-order chi connectivity index (χ0) is 26.1. The van der Waals surface area contributed by atoms with Crippen LogP contribution in [0.5, 0.6) is 0 Å². The first kappa shape index (κ1) is 25.6. The van der Waals surface area contributed by atoms with Crippen molar-refractivity contribution in [1.29, 1.82) is 5.41 Å². The Morgan fingerprint density at radius 2 is 1.95 bits per heavy atom. The van der Waals surface area contributed by atoms with Gasteiger partial charge in [0.2, 0.25) is 0 Å². The van der Waals surface area contributed by atoms with Gasteiger partial charge in [-0.05, 0) is 57.3 Å². The molecule has 0 aliphatic heterocycles. The van der Waals surface area contributed by atoms with E-state index in [-0.39, 0.29) is 23.6 Å². The molecule has 198 valence electrons. The first-order valence-corrected chi connectivity index (χ1v) is 14.3. The molecule has 3 aromatic heterocycles. The monoisotopic (exact) mass is 524 g/mol. The lowest BCUT2D eigenvalue weighted by atomic mass is 9.80. The molecule has 10 nitrogen and oxygen atoms in total. The van der Waals surface area contributed by atoms with Gasteiger partial charge in [0.25, 0.3) is 0 Å². The molecular formula is C26H36N8O2S. The third kappa shape index (κ3) is 5.46. The minimum atomic E-state index is -1.32. The van der Waals surface area contributed by atoms with Crippen LogP contribution in [0.2, 0.25) is 0 Å². The van der Waals surface area contributed by atoms with Gasteiger partial charge in [-0.15, -0.1) is 11.3 Å². The molecule has 37 heavy (non-hydrogen) atoms. The maximum atomic E-state index is 11.2. The van der Waals surface area contributed by atoms with E-state index in [9.17, 15) is 4.79 Å². The Kier molecular flexibility index (Phi) is 7.41. The quantitative estimate of drug-likeness (QED) is 0.227. The maximum Gasteiger partial charge on any atom is 0.410 e. The number of anilines is 1. The third-order valence-corrected chi connectivity index (χ3v) is 8.77. The van der Waals surface area contributed by atoms with Gasteiger partial charge >= 0.3 is 6.09 Å². The topological polar surface area (TPSA) is 142 Å². The average molecular weight is 525 g/mol. The van der Waals surface area contributed by atoms with E-state index in [2.05, 4.69) is 56.3 Å². The van der Waals surface area contributed by atoms with Crippen LogP contribution in [-0.2, 0) is 6.54 Å². The molecule has 0 radical (unpaired) electrons. The van der Waals surface area contributed by atoms with Gasteiger partial charge < -0.3 is 15.0 Å². The summed E-state index contributed by atoms with van der Waals surface area (Å²) < 4.78 is 2.27. The molecule has 0 bridgehead atoms. The van der Waals surface area contributed by atoms with E-state index >= 15 is 0 Å². The summed E-state index contributed by atoms with van der Waals surface area (Å²) >= 11 is 1.57. The van der Waals surface area contributed by atoms with Crippen molar-refractivity contribution in [2.24, 2.45) is 17.8 Å². The first-order valence-electron chi connectivity index (χ1n) is 13.3. The van der Waals surface area contributed by atoms with Crippen molar-refractivity contribution in [2.45, 2.75) is 84.2 Å². The molecule has 2 saturated carbocycles. The lowest BCUT2D eigenvalue weighted by Gasteiger charge is -2.32. The standard InChI is InChI=1S/C26H36N8O2S/c1-14-7-9-17(10-8-14)11-34-20-22(29-16(3)18-5-4-6-18)31-24(21(27)30-26(35)36)32-23(20)33-25(34)15(2)19-12-37-13-28-19/h12-18H,4-11H2,1-3H3,(H2,27,30)(H,35,36)(H,29,31,32)/t14-,15?,16-,17-/m1/s1. The highest BCUT2D eigenvalue weighted by Crippen LogP contribution is 2.36. The van der Waals surface area contributed by atoms with Gasteiger partial charge in [0.15, 0.2) is 23.1 Å². The molecule has 5 rings (SSSR count). The number of hydrogen-bond donors (Lipinski definition) is 4. The molecular weight excluding hydrogens is 488 g/mol.